The fourth-order valence-electron chi connectivity index (χ4n) is 2.88. The van der Waals surface area contributed by atoms with E-state index in [4.69, 9.17) is 0 Å². The first kappa shape index (κ1) is 15.7. The van der Waals surface area contributed by atoms with Crippen LogP contribution in [0.1, 0.15) is 38.5 Å². The normalized spacial score (nSPS) is 16.1. The Bertz CT molecular complexity index is 461. The van der Waals surface area contributed by atoms with Gasteiger partial charge in [-0.2, -0.15) is 0 Å². The molecule has 116 valence electrons. The highest BCUT2D eigenvalue weighted by Gasteiger charge is 2.17. The van der Waals surface area contributed by atoms with Gasteiger partial charge in [-0.3, -0.25) is 10.1 Å². The summed E-state index contributed by atoms with van der Waals surface area (Å²) in [5.74, 6) is 0.574. The fourth-order valence-corrected chi connectivity index (χ4v) is 2.88. The van der Waals surface area contributed by atoms with Gasteiger partial charge in [0.2, 0.25) is 0 Å². The molecule has 1 fully saturated rings. The molecule has 2 rings (SSSR count). The van der Waals surface area contributed by atoms with Crippen LogP contribution in [-0.4, -0.2) is 41.0 Å². The smallest absolute Gasteiger partial charge is 0.274 e. The van der Waals surface area contributed by atoms with Gasteiger partial charge in [0.05, 0.1) is 11.0 Å². The standard InChI is InChI=1S/C15H24N4O2/c1-18(13-6-3-2-4-7-13)11-5-9-16-15-12-14(19(20)21)8-10-17-15/h8,10,12-13H,2-7,9,11H2,1H3,(H,16,17). The van der Waals surface area contributed by atoms with Gasteiger partial charge < -0.3 is 10.2 Å². The predicted octanol–water partition coefficient (Wildman–Crippen LogP) is 3.06. The molecule has 0 unspecified atom stereocenters. The maximum atomic E-state index is 10.7. The summed E-state index contributed by atoms with van der Waals surface area (Å²) < 4.78 is 0. The Hall–Kier alpha value is -1.69. The first-order valence-corrected chi connectivity index (χ1v) is 7.71. The Balaban J connectivity index is 1.69. The minimum Gasteiger partial charge on any atom is -0.370 e. The molecule has 6 heteroatoms. The Morgan fingerprint density at radius 2 is 2.19 bits per heavy atom. The summed E-state index contributed by atoms with van der Waals surface area (Å²) in [6.07, 6.45) is 9.19. The minimum absolute atomic E-state index is 0.0758. The lowest BCUT2D eigenvalue weighted by Crippen LogP contribution is -2.34. The largest absolute Gasteiger partial charge is 0.370 e. The maximum Gasteiger partial charge on any atom is 0.274 e. The molecular formula is C15H24N4O2. The van der Waals surface area contributed by atoms with Crippen molar-refractivity contribution in [1.29, 1.82) is 0 Å². The van der Waals surface area contributed by atoms with Crippen LogP contribution in [0.15, 0.2) is 18.3 Å². The van der Waals surface area contributed by atoms with Crippen LogP contribution in [0.3, 0.4) is 0 Å². The van der Waals surface area contributed by atoms with E-state index in [1.807, 2.05) is 0 Å². The molecule has 0 aromatic carbocycles. The van der Waals surface area contributed by atoms with Gasteiger partial charge in [0.1, 0.15) is 5.82 Å². The molecule has 1 aliphatic rings. The zero-order chi connectivity index (χ0) is 15.1. The highest BCUT2D eigenvalue weighted by molar-refractivity contribution is 5.44. The van der Waals surface area contributed by atoms with Gasteiger partial charge >= 0.3 is 0 Å². The maximum absolute atomic E-state index is 10.7. The summed E-state index contributed by atoms with van der Waals surface area (Å²) in [6, 6.07) is 3.61. The SMILES string of the molecule is CN(CCCNc1cc([N+](=O)[O-])ccn1)C1CCCCC1. The number of pyridine rings is 1. The number of nitrogens with zero attached hydrogens (tertiary/aromatic N) is 3. The number of nitro groups is 1. The summed E-state index contributed by atoms with van der Waals surface area (Å²) in [5.41, 5.74) is 0.0758. The quantitative estimate of drug-likeness (QED) is 0.475. The second kappa shape index (κ2) is 7.93. The summed E-state index contributed by atoms with van der Waals surface area (Å²) in [5, 5.41) is 13.8. The van der Waals surface area contributed by atoms with Crippen LogP contribution in [0.5, 0.6) is 0 Å². The predicted molar refractivity (Wildman–Crippen MR) is 83.5 cm³/mol. The molecule has 1 aliphatic carbocycles. The van der Waals surface area contributed by atoms with Gasteiger partial charge in [0.25, 0.3) is 5.69 Å². The Labute approximate surface area is 125 Å². The molecule has 1 N–H and O–H groups in total. The number of nitrogens with one attached hydrogen (secondary N) is 1. The van der Waals surface area contributed by atoms with Crippen molar-refractivity contribution in [3.63, 3.8) is 0 Å². The Morgan fingerprint density at radius 3 is 2.90 bits per heavy atom. The Morgan fingerprint density at radius 1 is 1.43 bits per heavy atom. The summed E-state index contributed by atoms with van der Waals surface area (Å²) in [7, 11) is 2.20. The van der Waals surface area contributed by atoms with Crippen LogP contribution in [0.25, 0.3) is 0 Å². The van der Waals surface area contributed by atoms with E-state index < -0.39 is 4.92 Å². The highest BCUT2D eigenvalue weighted by atomic mass is 16.6. The van der Waals surface area contributed by atoms with Crippen LogP contribution in [0, 0.1) is 10.1 Å². The van der Waals surface area contributed by atoms with E-state index in [1.165, 1.54) is 50.4 Å². The van der Waals surface area contributed by atoms with Gasteiger partial charge in [0.15, 0.2) is 0 Å². The van der Waals surface area contributed by atoms with E-state index in [-0.39, 0.29) is 5.69 Å². The zero-order valence-corrected chi connectivity index (χ0v) is 12.6. The number of rotatable bonds is 7. The fraction of sp³-hybridized carbons (Fsp3) is 0.667. The van der Waals surface area contributed by atoms with Crippen molar-refractivity contribution in [3.05, 3.63) is 28.4 Å². The third-order valence-corrected chi connectivity index (χ3v) is 4.15. The molecule has 1 saturated carbocycles. The topological polar surface area (TPSA) is 71.3 Å². The van der Waals surface area contributed by atoms with E-state index in [2.05, 4.69) is 22.2 Å². The van der Waals surface area contributed by atoms with Gasteiger partial charge in [-0.25, -0.2) is 4.98 Å². The number of anilines is 1. The van der Waals surface area contributed by atoms with Gasteiger partial charge in [-0.1, -0.05) is 19.3 Å². The molecule has 0 aliphatic heterocycles. The van der Waals surface area contributed by atoms with Crippen molar-refractivity contribution in [2.45, 2.75) is 44.6 Å². The summed E-state index contributed by atoms with van der Waals surface area (Å²) >= 11 is 0. The van der Waals surface area contributed by atoms with E-state index in [9.17, 15) is 10.1 Å². The molecule has 1 aromatic heterocycles. The van der Waals surface area contributed by atoms with Crippen LogP contribution in [0.2, 0.25) is 0 Å². The molecule has 0 amide bonds. The van der Waals surface area contributed by atoms with Crippen LogP contribution in [0.4, 0.5) is 11.5 Å². The molecule has 6 nitrogen and oxygen atoms in total. The molecule has 0 saturated heterocycles. The van der Waals surface area contributed by atoms with E-state index >= 15 is 0 Å². The second-order valence-electron chi connectivity index (χ2n) is 5.71. The van der Waals surface area contributed by atoms with Crippen LogP contribution >= 0.6 is 0 Å². The van der Waals surface area contributed by atoms with Gasteiger partial charge in [-0.05, 0) is 32.9 Å². The van der Waals surface area contributed by atoms with Crippen LogP contribution in [-0.2, 0) is 0 Å². The van der Waals surface area contributed by atoms with Crippen molar-refractivity contribution in [2.24, 2.45) is 0 Å². The average Bonchev–Trinajstić information content (AvgIpc) is 2.52. The van der Waals surface area contributed by atoms with Crippen molar-refractivity contribution in [3.8, 4) is 0 Å². The molecule has 1 aromatic rings. The third-order valence-electron chi connectivity index (χ3n) is 4.15. The molecule has 0 radical (unpaired) electrons. The van der Waals surface area contributed by atoms with Crippen molar-refractivity contribution in [1.82, 2.24) is 9.88 Å². The lowest BCUT2D eigenvalue weighted by Gasteiger charge is -2.31. The number of hydrogen-bond acceptors (Lipinski definition) is 5. The molecular weight excluding hydrogens is 268 g/mol. The number of hydrogen-bond donors (Lipinski definition) is 1. The highest BCUT2D eigenvalue weighted by Crippen LogP contribution is 2.21. The first-order valence-electron chi connectivity index (χ1n) is 7.71. The lowest BCUT2D eigenvalue weighted by atomic mass is 9.94. The van der Waals surface area contributed by atoms with Crippen molar-refractivity contribution < 1.29 is 4.92 Å². The third kappa shape index (κ3) is 4.97. The lowest BCUT2D eigenvalue weighted by molar-refractivity contribution is -0.384. The molecule has 21 heavy (non-hydrogen) atoms. The molecule has 0 atom stereocenters. The monoisotopic (exact) mass is 292 g/mol. The van der Waals surface area contributed by atoms with E-state index in [1.54, 1.807) is 0 Å². The minimum atomic E-state index is -0.399. The molecule has 1 heterocycles. The summed E-state index contributed by atoms with van der Waals surface area (Å²) in [6.45, 7) is 1.83. The van der Waals surface area contributed by atoms with E-state index in [0.29, 0.717) is 5.82 Å². The zero-order valence-electron chi connectivity index (χ0n) is 12.6. The molecule has 0 spiro atoms. The van der Waals surface area contributed by atoms with Crippen molar-refractivity contribution >= 4 is 11.5 Å². The van der Waals surface area contributed by atoms with Crippen molar-refractivity contribution in [2.75, 3.05) is 25.5 Å². The van der Waals surface area contributed by atoms with Crippen LogP contribution < -0.4 is 5.32 Å². The molecule has 0 bridgehead atoms. The first-order chi connectivity index (χ1) is 10.2. The second-order valence-corrected chi connectivity index (χ2v) is 5.71. The average molecular weight is 292 g/mol. The Kier molecular flexibility index (Phi) is 5.92. The van der Waals surface area contributed by atoms with Gasteiger partial charge in [-0.15, -0.1) is 0 Å². The number of aromatic nitrogens is 1. The summed E-state index contributed by atoms with van der Waals surface area (Å²) in [4.78, 5) is 16.8. The van der Waals surface area contributed by atoms with E-state index in [0.717, 1.165) is 25.6 Å². The van der Waals surface area contributed by atoms with Gasteiger partial charge in [0, 0.05) is 24.8 Å².